The Labute approximate surface area is 169 Å². The van der Waals surface area contributed by atoms with Gasteiger partial charge in [-0.25, -0.2) is 14.9 Å². The molecule has 28 heavy (non-hydrogen) atoms. The van der Waals surface area contributed by atoms with Gasteiger partial charge in [0.25, 0.3) is 5.96 Å². The van der Waals surface area contributed by atoms with E-state index in [1.54, 1.807) is 34.9 Å². The molecule has 0 amide bonds. The summed E-state index contributed by atoms with van der Waals surface area (Å²) in [6.45, 7) is 0. The first kappa shape index (κ1) is 18.4. The van der Waals surface area contributed by atoms with Gasteiger partial charge in [-0.15, -0.1) is 0 Å². The van der Waals surface area contributed by atoms with Crippen LogP contribution in [-0.2, 0) is 0 Å². The summed E-state index contributed by atoms with van der Waals surface area (Å²) in [6.07, 6.45) is -0.626. The van der Waals surface area contributed by atoms with Crippen molar-refractivity contribution in [3.63, 3.8) is 0 Å². The number of ether oxygens (including phenoxy) is 2. The summed E-state index contributed by atoms with van der Waals surface area (Å²) in [5.41, 5.74) is 6.87. The maximum absolute atomic E-state index is 12.7. The molecule has 8 nitrogen and oxygen atoms in total. The molecule has 1 aromatic heterocycles. The summed E-state index contributed by atoms with van der Waals surface area (Å²) in [6, 6.07) is 8.44. The van der Waals surface area contributed by atoms with E-state index in [0.29, 0.717) is 44.0 Å². The van der Waals surface area contributed by atoms with Crippen molar-refractivity contribution in [2.45, 2.75) is 6.17 Å². The van der Waals surface area contributed by atoms with Crippen molar-refractivity contribution in [2.75, 3.05) is 19.5 Å². The number of hydrogen-bond donors (Lipinski definition) is 3. The van der Waals surface area contributed by atoms with Crippen molar-refractivity contribution in [1.29, 1.82) is 0 Å². The molecule has 10 heteroatoms. The number of aromatic amines is 1. The predicted molar refractivity (Wildman–Crippen MR) is 108 cm³/mol. The minimum absolute atomic E-state index is 0.145. The van der Waals surface area contributed by atoms with Crippen LogP contribution in [0.15, 0.2) is 40.1 Å². The SMILES string of the molecule is COc1cc2c(=O)[nH]c3[n+](c2cc1OC)[C@H](c1ccc(Cl)cc1Cl)N=C(N)N3. The fourth-order valence-corrected chi connectivity index (χ4v) is 3.72. The number of nitrogens with one attached hydrogen (secondary N) is 2. The van der Waals surface area contributed by atoms with E-state index < -0.39 is 6.17 Å². The summed E-state index contributed by atoms with van der Waals surface area (Å²) >= 11 is 12.5. The molecule has 3 aromatic rings. The van der Waals surface area contributed by atoms with Crippen LogP contribution in [0.2, 0.25) is 10.0 Å². The first-order valence-corrected chi connectivity index (χ1v) is 8.97. The Kier molecular flexibility index (Phi) is 4.52. The molecule has 0 aliphatic carbocycles. The molecule has 0 saturated heterocycles. The van der Waals surface area contributed by atoms with Crippen LogP contribution in [0.3, 0.4) is 0 Å². The average molecular weight is 421 g/mol. The zero-order chi connectivity index (χ0) is 20.0. The molecule has 0 spiro atoms. The van der Waals surface area contributed by atoms with E-state index in [4.69, 9.17) is 38.4 Å². The Morgan fingerprint density at radius 1 is 1.14 bits per heavy atom. The molecular weight excluding hydrogens is 405 g/mol. The Hall–Kier alpha value is -2.97. The third kappa shape index (κ3) is 2.90. The molecule has 144 valence electrons. The predicted octanol–water partition coefficient (Wildman–Crippen LogP) is 2.43. The minimum Gasteiger partial charge on any atom is -0.493 e. The second kappa shape index (κ2) is 6.88. The topological polar surface area (TPSA) is 106 Å². The van der Waals surface area contributed by atoms with Crippen LogP contribution in [0.5, 0.6) is 11.5 Å². The zero-order valence-corrected chi connectivity index (χ0v) is 16.4. The van der Waals surface area contributed by atoms with Gasteiger partial charge in [0.2, 0.25) is 6.17 Å². The number of nitrogens with two attached hydrogens (primary N) is 1. The lowest BCUT2D eigenvalue weighted by Crippen LogP contribution is -2.51. The first-order chi connectivity index (χ1) is 13.4. The number of fused-ring (bicyclic) bond motifs is 3. The van der Waals surface area contributed by atoms with Crippen molar-refractivity contribution in [3.8, 4) is 11.5 Å². The van der Waals surface area contributed by atoms with E-state index in [1.165, 1.54) is 14.2 Å². The summed E-state index contributed by atoms with van der Waals surface area (Å²) in [7, 11) is 3.03. The summed E-state index contributed by atoms with van der Waals surface area (Å²) in [5, 5.41) is 4.21. The molecule has 1 aliphatic rings. The number of halogens is 2. The lowest BCUT2D eigenvalue weighted by molar-refractivity contribution is -0.677. The monoisotopic (exact) mass is 420 g/mol. The van der Waals surface area contributed by atoms with Crippen LogP contribution in [0.25, 0.3) is 10.9 Å². The second-order valence-corrected chi connectivity index (χ2v) is 6.92. The molecule has 0 fully saturated rings. The van der Waals surface area contributed by atoms with Crippen molar-refractivity contribution >= 4 is 46.0 Å². The van der Waals surface area contributed by atoms with Gasteiger partial charge in [-0.2, -0.15) is 4.99 Å². The van der Waals surface area contributed by atoms with Gasteiger partial charge in [0.1, 0.15) is 5.52 Å². The largest absolute Gasteiger partial charge is 0.493 e. The van der Waals surface area contributed by atoms with Gasteiger partial charge in [0, 0.05) is 22.7 Å². The first-order valence-electron chi connectivity index (χ1n) is 8.21. The van der Waals surface area contributed by atoms with Gasteiger partial charge in [0.05, 0.1) is 24.6 Å². The normalized spacial score (nSPS) is 15.6. The molecule has 1 atom stereocenters. The quantitative estimate of drug-likeness (QED) is 0.564. The third-order valence-corrected chi connectivity index (χ3v) is 5.03. The molecule has 4 rings (SSSR count). The molecule has 1 aliphatic heterocycles. The van der Waals surface area contributed by atoms with Crippen molar-refractivity contribution in [3.05, 3.63) is 56.3 Å². The van der Waals surface area contributed by atoms with Gasteiger partial charge in [-0.3, -0.25) is 4.79 Å². The molecule has 0 unspecified atom stereocenters. The third-order valence-electron chi connectivity index (χ3n) is 4.47. The van der Waals surface area contributed by atoms with Crippen molar-refractivity contribution in [2.24, 2.45) is 10.7 Å². The molecular formula is C18H16Cl2N5O3+. The standard InChI is InChI=1S/C18H15Cl2N5O3/c1-27-13-6-10-12(7-14(13)28-2)25-15(9-4-3-8(19)5-11(9)20)22-17(21)24-18(25)23-16(10)26/h3-7,15H,1-2H3,(H3,21,22,23,24,26)/p+1/t15-/m1/s1. The van der Waals surface area contributed by atoms with E-state index >= 15 is 0 Å². The molecule has 4 N–H and O–H groups in total. The van der Waals surface area contributed by atoms with Crippen LogP contribution >= 0.6 is 23.2 Å². The van der Waals surface area contributed by atoms with Gasteiger partial charge in [-0.1, -0.05) is 29.3 Å². The molecule has 2 aromatic carbocycles. The van der Waals surface area contributed by atoms with Gasteiger partial charge < -0.3 is 15.2 Å². The Morgan fingerprint density at radius 3 is 2.54 bits per heavy atom. The Morgan fingerprint density at radius 2 is 1.86 bits per heavy atom. The van der Waals surface area contributed by atoms with Crippen LogP contribution < -0.4 is 30.7 Å². The highest BCUT2D eigenvalue weighted by molar-refractivity contribution is 6.35. The van der Waals surface area contributed by atoms with Crippen molar-refractivity contribution in [1.82, 2.24) is 4.98 Å². The highest BCUT2D eigenvalue weighted by Gasteiger charge is 2.32. The summed E-state index contributed by atoms with van der Waals surface area (Å²) in [5.74, 6) is 1.42. The van der Waals surface area contributed by atoms with Crippen LogP contribution in [0.4, 0.5) is 5.95 Å². The van der Waals surface area contributed by atoms with E-state index in [9.17, 15) is 4.79 Å². The number of benzene rings is 2. The average Bonchev–Trinajstić information content (AvgIpc) is 2.66. The number of anilines is 1. The molecule has 0 radical (unpaired) electrons. The number of H-pyrrole nitrogens is 1. The number of guanidine groups is 1. The number of nitrogens with zero attached hydrogens (tertiary/aromatic N) is 2. The second-order valence-electron chi connectivity index (χ2n) is 6.08. The van der Waals surface area contributed by atoms with Crippen LogP contribution in [0, 0.1) is 0 Å². The zero-order valence-electron chi connectivity index (χ0n) is 14.9. The van der Waals surface area contributed by atoms with Crippen molar-refractivity contribution < 1.29 is 14.0 Å². The Bertz CT molecular complexity index is 1190. The van der Waals surface area contributed by atoms with E-state index in [-0.39, 0.29) is 11.5 Å². The number of methoxy groups -OCH3 is 2. The summed E-state index contributed by atoms with van der Waals surface area (Å²) < 4.78 is 12.5. The molecule has 2 heterocycles. The number of aliphatic imine (C=N–C) groups is 1. The fourth-order valence-electron chi connectivity index (χ4n) is 3.21. The highest BCUT2D eigenvalue weighted by Crippen LogP contribution is 2.33. The van der Waals surface area contributed by atoms with Gasteiger partial charge >= 0.3 is 11.5 Å². The smallest absolute Gasteiger partial charge is 0.367 e. The maximum atomic E-state index is 12.7. The summed E-state index contributed by atoms with van der Waals surface area (Å²) in [4.78, 5) is 19.9. The van der Waals surface area contributed by atoms with Gasteiger partial charge in [0.15, 0.2) is 11.5 Å². The van der Waals surface area contributed by atoms with E-state index in [1.807, 2.05) is 0 Å². The fraction of sp³-hybridized carbons (Fsp3) is 0.167. The lowest BCUT2D eigenvalue weighted by Gasteiger charge is -2.22. The minimum atomic E-state index is -0.626. The van der Waals surface area contributed by atoms with E-state index in [2.05, 4.69) is 15.3 Å². The Balaban J connectivity index is 2.07. The molecule has 0 saturated carbocycles. The number of hydrogen-bond acceptors (Lipinski definition) is 6. The van der Waals surface area contributed by atoms with Crippen LogP contribution in [0.1, 0.15) is 11.7 Å². The lowest BCUT2D eigenvalue weighted by atomic mass is 10.1. The van der Waals surface area contributed by atoms with E-state index in [0.717, 1.165) is 0 Å². The number of aromatic nitrogens is 2. The highest BCUT2D eigenvalue weighted by atomic mass is 35.5. The van der Waals surface area contributed by atoms with Gasteiger partial charge in [-0.05, 0) is 12.1 Å². The maximum Gasteiger partial charge on any atom is 0.367 e. The molecule has 0 bridgehead atoms. The number of rotatable bonds is 3. The van der Waals surface area contributed by atoms with Crippen LogP contribution in [-0.4, -0.2) is 25.2 Å².